The lowest BCUT2D eigenvalue weighted by Gasteiger charge is -2.40. The third-order valence-electron chi connectivity index (χ3n) is 3.75. The molecule has 0 radical (unpaired) electrons. The minimum atomic E-state index is -2.88. The second-order valence-electron chi connectivity index (χ2n) is 5.76. The molecule has 0 aromatic heterocycles. The third-order valence-corrected chi connectivity index (χ3v) is 4.68. The quantitative estimate of drug-likeness (QED) is 0.700. The molecule has 1 aliphatic heterocycles. The van der Waals surface area contributed by atoms with Crippen LogP contribution >= 0.6 is 0 Å². The lowest BCUT2D eigenvalue weighted by Crippen LogP contribution is -2.47. The van der Waals surface area contributed by atoms with Crippen LogP contribution in [0, 0.1) is 5.41 Å². The van der Waals surface area contributed by atoms with Crippen molar-refractivity contribution in [3.8, 4) is 0 Å². The van der Waals surface area contributed by atoms with Gasteiger partial charge in [-0.1, -0.05) is 6.92 Å². The van der Waals surface area contributed by atoms with Gasteiger partial charge >= 0.3 is 0 Å². The van der Waals surface area contributed by atoms with Crippen LogP contribution in [0.2, 0.25) is 0 Å². The lowest BCUT2D eigenvalue weighted by atomic mass is 9.79. The van der Waals surface area contributed by atoms with E-state index in [1.807, 2.05) is 7.05 Å². The molecule has 1 rings (SSSR count). The smallest absolute Gasteiger partial charge is 0.148 e. The Kier molecular flexibility index (Phi) is 6.73. The van der Waals surface area contributed by atoms with Gasteiger partial charge in [-0.3, -0.25) is 0 Å². The highest BCUT2D eigenvalue weighted by Crippen LogP contribution is 2.30. The first-order valence-electron chi connectivity index (χ1n) is 7.02. The summed E-state index contributed by atoms with van der Waals surface area (Å²) in [5.41, 5.74) is 0.223. The Morgan fingerprint density at radius 3 is 2.47 bits per heavy atom. The summed E-state index contributed by atoms with van der Waals surface area (Å²) in [6.45, 7) is 7.22. The molecular weight excluding hydrogens is 264 g/mol. The van der Waals surface area contributed by atoms with E-state index in [0.29, 0.717) is 6.54 Å². The van der Waals surface area contributed by atoms with E-state index in [9.17, 15) is 8.42 Å². The van der Waals surface area contributed by atoms with E-state index in [2.05, 4.69) is 17.1 Å². The van der Waals surface area contributed by atoms with Crippen molar-refractivity contribution in [2.75, 3.05) is 58.4 Å². The number of hydrogen-bond acceptors (Lipinski definition) is 5. The molecule has 0 amide bonds. The predicted octanol–water partition coefficient (Wildman–Crippen LogP) is 0.369. The molecule has 0 unspecified atom stereocenters. The molecule has 0 saturated carbocycles. The van der Waals surface area contributed by atoms with Crippen LogP contribution in [-0.4, -0.2) is 71.8 Å². The number of nitrogens with one attached hydrogen (secondary N) is 1. The first-order chi connectivity index (χ1) is 8.87. The summed E-state index contributed by atoms with van der Waals surface area (Å²) in [6.07, 6.45) is 3.39. The van der Waals surface area contributed by atoms with Gasteiger partial charge in [-0.15, -0.1) is 0 Å². The molecule has 1 N–H and O–H groups in total. The average molecular weight is 292 g/mol. The van der Waals surface area contributed by atoms with Crippen LogP contribution in [-0.2, 0) is 14.6 Å². The molecule has 0 aromatic rings. The van der Waals surface area contributed by atoms with Crippen LogP contribution in [0.25, 0.3) is 0 Å². The molecule has 0 atom stereocenters. The number of hydrogen-bond donors (Lipinski definition) is 1. The Bertz CT molecular complexity index is 351. The van der Waals surface area contributed by atoms with Crippen molar-refractivity contribution in [3.63, 3.8) is 0 Å². The zero-order valence-electron chi connectivity index (χ0n) is 12.4. The number of ether oxygens (including phenoxy) is 1. The Morgan fingerprint density at radius 1 is 1.32 bits per heavy atom. The van der Waals surface area contributed by atoms with E-state index in [4.69, 9.17) is 4.74 Å². The molecule has 1 heterocycles. The van der Waals surface area contributed by atoms with Crippen molar-refractivity contribution in [1.29, 1.82) is 0 Å². The molecule has 1 saturated heterocycles. The summed E-state index contributed by atoms with van der Waals surface area (Å²) in [5.74, 6) is 0.233. The van der Waals surface area contributed by atoms with Crippen LogP contribution in [0.5, 0.6) is 0 Å². The summed E-state index contributed by atoms with van der Waals surface area (Å²) in [6, 6.07) is 0. The van der Waals surface area contributed by atoms with Crippen LogP contribution in [0.15, 0.2) is 0 Å². The fraction of sp³-hybridized carbons (Fsp3) is 1.00. The zero-order valence-corrected chi connectivity index (χ0v) is 13.3. The van der Waals surface area contributed by atoms with Crippen molar-refractivity contribution in [2.45, 2.75) is 19.8 Å². The first kappa shape index (κ1) is 16.9. The van der Waals surface area contributed by atoms with E-state index in [1.165, 1.54) is 6.26 Å². The molecule has 1 aliphatic rings. The van der Waals surface area contributed by atoms with Crippen molar-refractivity contribution in [1.82, 2.24) is 10.2 Å². The molecule has 0 bridgehead atoms. The predicted molar refractivity (Wildman–Crippen MR) is 78.2 cm³/mol. The maximum atomic E-state index is 11.2. The van der Waals surface area contributed by atoms with Gasteiger partial charge in [0.25, 0.3) is 0 Å². The van der Waals surface area contributed by atoms with Crippen LogP contribution < -0.4 is 5.32 Å². The SMILES string of the molecule is CCNCC1(CN(C)CCS(C)(=O)=O)CCOCC1. The number of sulfone groups is 1. The Balaban J connectivity index is 2.51. The van der Waals surface area contributed by atoms with E-state index >= 15 is 0 Å². The maximum Gasteiger partial charge on any atom is 0.148 e. The Labute approximate surface area is 117 Å². The highest BCUT2D eigenvalue weighted by atomic mass is 32.2. The lowest BCUT2D eigenvalue weighted by molar-refractivity contribution is 0.000421. The van der Waals surface area contributed by atoms with E-state index in [0.717, 1.165) is 45.7 Å². The van der Waals surface area contributed by atoms with Crippen molar-refractivity contribution >= 4 is 9.84 Å². The Morgan fingerprint density at radius 2 is 1.95 bits per heavy atom. The van der Waals surface area contributed by atoms with Gasteiger partial charge in [-0.25, -0.2) is 8.42 Å². The Hall–Kier alpha value is -0.170. The molecule has 0 aromatic carbocycles. The van der Waals surface area contributed by atoms with Gasteiger partial charge in [0.1, 0.15) is 9.84 Å². The van der Waals surface area contributed by atoms with Gasteiger partial charge in [-0.05, 0) is 31.8 Å². The molecule has 1 fully saturated rings. The summed E-state index contributed by atoms with van der Waals surface area (Å²) in [5, 5.41) is 3.44. The summed E-state index contributed by atoms with van der Waals surface area (Å²) >= 11 is 0. The van der Waals surface area contributed by atoms with Crippen molar-refractivity contribution in [2.24, 2.45) is 5.41 Å². The van der Waals surface area contributed by atoms with Crippen LogP contribution in [0.4, 0.5) is 0 Å². The summed E-state index contributed by atoms with van der Waals surface area (Å²) in [7, 11) is -0.870. The second kappa shape index (κ2) is 7.57. The van der Waals surface area contributed by atoms with Gasteiger partial charge in [-0.2, -0.15) is 0 Å². The number of rotatable bonds is 8. The van der Waals surface area contributed by atoms with Gasteiger partial charge < -0.3 is 15.0 Å². The molecule has 5 nitrogen and oxygen atoms in total. The van der Waals surface area contributed by atoms with Crippen LogP contribution in [0.3, 0.4) is 0 Å². The summed E-state index contributed by atoms with van der Waals surface area (Å²) < 4.78 is 27.9. The fourth-order valence-corrected chi connectivity index (χ4v) is 3.20. The minimum absolute atomic E-state index is 0.223. The first-order valence-corrected chi connectivity index (χ1v) is 9.08. The van der Waals surface area contributed by atoms with Gasteiger partial charge in [0.15, 0.2) is 0 Å². The highest BCUT2D eigenvalue weighted by Gasteiger charge is 2.33. The van der Waals surface area contributed by atoms with Gasteiger partial charge in [0.2, 0.25) is 0 Å². The largest absolute Gasteiger partial charge is 0.381 e. The topological polar surface area (TPSA) is 58.6 Å². The van der Waals surface area contributed by atoms with Crippen molar-refractivity contribution < 1.29 is 13.2 Å². The number of nitrogens with zero attached hydrogens (tertiary/aromatic N) is 1. The van der Waals surface area contributed by atoms with E-state index < -0.39 is 9.84 Å². The maximum absolute atomic E-state index is 11.2. The van der Waals surface area contributed by atoms with Gasteiger partial charge in [0.05, 0.1) is 5.75 Å². The van der Waals surface area contributed by atoms with Crippen LogP contribution in [0.1, 0.15) is 19.8 Å². The minimum Gasteiger partial charge on any atom is -0.381 e. The normalized spacial score (nSPS) is 19.8. The molecular formula is C13H28N2O3S. The fourth-order valence-electron chi connectivity index (χ4n) is 2.56. The van der Waals surface area contributed by atoms with E-state index in [1.54, 1.807) is 0 Å². The van der Waals surface area contributed by atoms with Gasteiger partial charge in [0, 0.05) is 39.1 Å². The molecule has 114 valence electrons. The molecule has 0 aliphatic carbocycles. The van der Waals surface area contributed by atoms with Crippen molar-refractivity contribution in [3.05, 3.63) is 0 Å². The highest BCUT2D eigenvalue weighted by molar-refractivity contribution is 7.90. The van der Waals surface area contributed by atoms with E-state index in [-0.39, 0.29) is 11.2 Å². The monoisotopic (exact) mass is 292 g/mol. The summed E-state index contributed by atoms with van der Waals surface area (Å²) in [4.78, 5) is 2.14. The molecule has 6 heteroatoms. The third kappa shape index (κ3) is 6.70. The molecule has 19 heavy (non-hydrogen) atoms. The molecule has 0 spiro atoms. The standard InChI is InChI=1S/C13H28N2O3S/c1-4-14-11-13(5-8-18-9-6-13)12-15(2)7-10-19(3,16)17/h14H,4-12H2,1-3H3. The second-order valence-corrected chi connectivity index (χ2v) is 8.02. The zero-order chi connectivity index (χ0) is 14.4. The average Bonchev–Trinajstić information content (AvgIpc) is 2.34.